The van der Waals surface area contributed by atoms with Gasteiger partial charge in [-0.1, -0.05) is 12.1 Å². The summed E-state index contributed by atoms with van der Waals surface area (Å²) in [5.74, 6) is -0.152. The number of amides is 1. The van der Waals surface area contributed by atoms with Crippen molar-refractivity contribution in [2.45, 2.75) is 13.2 Å². The van der Waals surface area contributed by atoms with E-state index in [0.717, 1.165) is 11.1 Å². The van der Waals surface area contributed by atoms with E-state index in [4.69, 9.17) is 5.73 Å². The maximum Gasteiger partial charge on any atom is 0.256 e. The quantitative estimate of drug-likeness (QED) is 0.802. The molecule has 5 nitrogen and oxygen atoms in total. The zero-order chi connectivity index (χ0) is 15.6. The van der Waals surface area contributed by atoms with E-state index in [1.165, 1.54) is 16.2 Å². The lowest BCUT2D eigenvalue weighted by molar-refractivity contribution is 0.0830. The molecule has 1 aromatic carbocycles. The van der Waals surface area contributed by atoms with Gasteiger partial charge in [-0.2, -0.15) is 0 Å². The number of nitrogen functional groups attached to an aromatic ring is 1. The summed E-state index contributed by atoms with van der Waals surface area (Å²) in [6.45, 7) is -0.300. The number of nitrogens with zero attached hydrogens (tertiary/aromatic N) is 1. The molecule has 0 atom stereocenters. The molecule has 1 aromatic heterocycles. The van der Waals surface area contributed by atoms with E-state index in [1.807, 2.05) is 11.4 Å². The van der Waals surface area contributed by atoms with Gasteiger partial charge in [-0.25, -0.2) is 0 Å². The van der Waals surface area contributed by atoms with Crippen molar-refractivity contribution in [3.05, 3.63) is 40.3 Å². The Morgan fingerprint density at radius 2 is 1.90 bits per heavy atom. The molecule has 2 rings (SSSR count). The maximum absolute atomic E-state index is 12.3. The second kappa shape index (κ2) is 6.26. The number of carbonyl (C=O) groups is 1. The van der Waals surface area contributed by atoms with Crippen molar-refractivity contribution in [2.24, 2.45) is 0 Å². The molecule has 0 saturated carbocycles. The van der Waals surface area contributed by atoms with Gasteiger partial charge in [-0.05, 0) is 22.8 Å². The fraction of sp³-hybridized carbons (Fsp3) is 0.267. The molecule has 0 aliphatic heterocycles. The van der Waals surface area contributed by atoms with Gasteiger partial charge in [0, 0.05) is 25.0 Å². The Balaban J connectivity index is 2.55. The summed E-state index contributed by atoms with van der Waals surface area (Å²) in [6.07, 6.45) is 0. The van der Waals surface area contributed by atoms with Crippen LogP contribution in [-0.2, 0) is 13.2 Å². The Labute approximate surface area is 127 Å². The van der Waals surface area contributed by atoms with Crippen LogP contribution in [0, 0.1) is 0 Å². The van der Waals surface area contributed by atoms with Gasteiger partial charge >= 0.3 is 0 Å². The number of aliphatic hydroxyl groups is 2. The number of rotatable bonds is 4. The van der Waals surface area contributed by atoms with Crippen molar-refractivity contribution in [1.82, 2.24) is 4.90 Å². The Morgan fingerprint density at radius 1 is 1.24 bits per heavy atom. The molecule has 0 spiro atoms. The van der Waals surface area contributed by atoms with Gasteiger partial charge in [-0.15, -0.1) is 11.3 Å². The van der Waals surface area contributed by atoms with E-state index >= 15 is 0 Å². The molecule has 6 heteroatoms. The van der Waals surface area contributed by atoms with Gasteiger partial charge in [0.15, 0.2) is 0 Å². The van der Waals surface area contributed by atoms with E-state index < -0.39 is 0 Å². The number of hydrogen-bond acceptors (Lipinski definition) is 5. The summed E-state index contributed by atoms with van der Waals surface area (Å²) < 4.78 is 0. The van der Waals surface area contributed by atoms with Crippen LogP contribution in [0.15, 0.2) is 23.6 Å². The van der Waals surface area contributed by atoms with Crippen LogP contribution in [0.4, 0.5) is 5.00 Å². The number of hydrogen-bond donors (Lipinski definition) is 3. The van der Waals surface area contributed by atoms with Crippen LogP contribution < -0.4 is 5.73 Å². The number of benzene rings is 1. The van der Waals surface area contributed by atoms with E-state index in [9.17, 15) is 15.0 Å². The second-order valence-corrected chi connectivity index (χ2v) is 5.80. The smallest absolute Gasteiger partial charge is 0.256 e. The van der Waals surface area contributed by atoms with Crippen LogP contribution in [-0.4, -0.2) is 35.1 Å². The highest BCUT2D eigenvalue weighted by Crippen LogP contribution is 2.35. The molecule has 21 heavy (non-hydrogen) atoms. The van der Waals surface area contributed by atoms with Gasteiger partial charge in [0.25, 0.3) is 5.91 Å². The SMILES string of the molecule is CN(C)C(=O)c1c(-c2ccc(CO)c(CO)c2)csc1N. The lowest BCUT2D eigenvalue weighted by Crippen LogP contribution is -2.22. The Hall–Kier alpha value is -1.89. The molecular weight excluding hydrogens is 288 g/mol. The molecular formula is C15H18N2O3S. The summed E-state index contributed by atoms with van der Waals surface area (Å²) in [5.41, 5.74) is 9.26. The molecule has 1 amide bonds. The van der Waals surface area contributed by atoms with Gasteiger partial charge in [0.05, 0.1) is 23.8 Å². The minimum absolute atomic E-state index is 0.133. The Kier molecular flexibility index (Phi) is 4.62. The summed E-state index contributed by atoms with van der Waals surface area (Å²) in [7, 11) is 3.36. The molecule has 1 heterocycles. The zero-order valence-corrected chi connectivity index (χ0v) is 12.8. The molecule has 2 aromatic rings. The summed E-state index contributed by atoms with van der Waals surface area (Å²) in [4.78, 5) is 13.7. The summed E-state index contributed by atoms with van der Waals surface area (Å²) in [6, 6.07) is 5.34. The first-order valence-corrected chi connectivity index (χ1v) is 7.30. The number of carbonyl (C=O) groups excluding carboxylic acids is 1. The lowest BCUT2D eigenvalue weighted by atomic mass is 9.98. The van der Waals surface area contributed by atoms with Crippen LogP contribution in [0.25, 0.3) is 11.1 Å². The van der Waals surface area contributed by atoms with Crippen LogP contribution in [0.2, 0.25) is 0 Å². The molecule has 0 aliphatic rings. The van der Waals surface area contributed by atoms with Gasteiger partial charge in [0.2, 0.25) is 0 Å². The molecule has 0 fully saturated rings. The molecule has 0 unspecified atom stereocenters. The average molecular weight is 306 g/mol. The molecule has 112 valence electrons. The average Bonchev–Trinajstić information content (AvgIpc) is 2.87. The topological polar surface area (TPSA) is 86.8 Å². The third kappa shape index (κ3) is 2.92. The normalized spacial score (nSPS) is 10.7. The maximum atomic E-state index is 12.3. The van der Waals surface area contributed by atoms with Crippen molar-refractivity contribution in [3.63, 3.8) is 0 Å². The molecule has 0 bridgehead atoms. The monoisotopic (exact) mass is 306 g/mol. The van der Waals surface area contributed by atoms with Crippen molar-refractivity contribution in [1.29, 1.82) is 0 Å². The predicted octanol–water partition coefficient (Wildman–Crippen LogP) is 1.68. The van der Waals surface area contributed by atoms with Crippen LogP contribution in [0.1, 0.15) is 21.5 Å². The van der Waals surface area contributed by atoms with Crippen molar-refractivity contribution in [3.8, 4) is 11.1 Å². The predicted molar refractivity (Wildman–Crippen MR) is 84.0 cm³/mol. The van der Waals surface area contributed by atoms with E-state index in [2.05, 4.69) is 0 Å². The molecule has 4 N–H and O–H groups in total. The fourth-order valence-corrected chi connectivity index (χ4v) is 2.94. The highest BCUT2D eigenvalue weighted by molar-refractivity contribution is 7.15. The molecule has 0 saturated heterocycles. The van der Waals surface area contributed by atoms with Crippen molar-refractivity contribution in [2.75, 3.05) is 19.8 Å². The first kappa shape index (κ1) is 15.5. The fourth-order valence-electron chi connectivity index (χ4n) is 2.12. The first-order chi connectivity index (χ1) is 9.99. The number of anilines is 1. The Morgan fingerprint density at radius 3 is 2.48 bits per heavy atom. The van der Waals surface area contributed by atoms with Crippen LogP contribution in [0.3, 0.4) is 0 Å². The third-order valence-corrected chi connectivity index (χ3v) is 4.11. The largest absolute Gasteiger partial charge is 0.392 e. The van der Waals surface area contributed by atoms with Crippen LogP contribution >= 0.6 is 11.3 Å². The summed E-state index contributed by atoms with van der Waals surface area (Å²) >= 11 is 1.31. The highest BCUT2D eigenvalue weighted by atomic mass is 32.1. The highest BCUT2D eigenvalue weighted by Gasteiger charge is 2.20. The molecule has 0 aliphatic carbocycles. The van der Waals surface area contributed by atoms with E-state index in [-0.39, 0.29) is 19.1 Å². The number of aliphatic hydroxyl groups excluding tert-OH is 2. The van der Waals surface area contributed by atoms with E-state index in [1.54, 1.807) is 26.2 Å². The number of thiophene rings is 1. The van der Waals surface area contributed by atoms with Gasteiger partial charge in [-0.3, -0.25) is 4.79 Å². The minimum Gasteiger partial charge on any atom is -0.392 e. The summed E-state index contributed by atoms with van der Waals surface area (Å²) in [5, 5.41) is 20.9. The van der Waals surface area contributed by atoms with Gasteiger partial charge in [0.1, 0.15) is 0 Å². The van der Waals surface area contributed by atoms with Crippen molar-refractivity contribution >= 4 is 22.2 Å². The molecule has 0 radical (unpaired) electrons. The minimum atomic E-state index is -0.166. The van der Waals surface area contributed by atoms with E-state index in [0.29, 0.717) is 21.7 Å². The Bertz CT molecular complexity index is 665. The first-order valence-electron chi connectivity index (χ1n) is 6.42. The van der Waals surface area contributed by atoms with Gasteiger partial charge < -0.3 is 20.8 Å². The lowest BCUT2D eigenvalue weighted by Gasteiger charge is -2.13. The van der Waals surface area contributed by atoms with Crippen molar-refractivity contribution < 1.29 is 15.0 Å². The zero-order valence-electron chi connectivity index (χ0n) is 12.0. The second-order valence-electron chi connectivity index (χ2n) is 4.89. The van der Waals surface area contributed by atoms with Crippen LogP contribution in [0.5, 0.6) is 0 Å². The third-order valence-electron chi connectivity index (χ3n) is 3.30. The number of nitrogens with two attached hydrogens (primary N) is 1. The standard InChI is InChI=1S/C15H18N2O3S/c1-17(2)15(20)13-12(8-21-14(13)16)9-3-4-10(6-18)11(5-9)7-19/h3-5,8,18-19H,6-7,16H2,1-2H3.